The van der Waals surface area contributed by atoms with Crippen molar-refractivity contribution < 1.29 is 9.50 Å². The normalized spacial score (nSPS) is 34.9. The second-order valence-electron chi connectivity index (χ2n) is 6.02. The van der Waals surface area contributed by atoms with Gasteiger partial charge in [0.15, 0.2) is 0 Å². The summed E-state index contributed by atoms with van der Waals surface area (Å²) in [6.07, 6.45) is 3.45. The van der Waals surface area contributed by atoms with Crippen LogP contribution in [0.5, 0.6) is 0 Å². The van der Waals surface area contributed by atoms with E-state index >= 15 is 0 Å². The van der Waals surface area contributed by atoms with E-state index in [9.17, 15) is 9.50 Å². The van der Waals surface area contributed by atoms with Gasteiger partial charge in [0.25, 0.3) is 0 Å². The number of aryl methyl sites for hydroxylation is 2. The Morgan fingerprint density at radius 3 is 2.39 bits per heavy atom. The third-order valence-corrected chi connectivity index (χ3v) is 4.40. The van der Waals surface area contributed by atoms with Gasteiger partial charge in [-0.25, -0.2) is 4.39 Å². The smallest absolute Gasteiger partial charge is 0.129 e. The molecule has 0 radical (unpaired) electrons. The van der Waals surface area contributed by atoms with Crippen LogP contribution in [-0.2, 0) is 5.60 Å². The molecule has 2 aliphatic rings. The molecule has 1 aromatic rings. The maximum atomic E-state index is 14.2. The fraction of sp³-hybridized carbons (Fsp3) is 0.600. The first kappa shape index (κ1) is 12.1. The highest BCUT2D eigenvalue weighted by molar-refractivity contribution is 5.37. The Balaban J connectivity index is 2.04. The van der Waals surface area contributed by atoms with Crippen molar-refractivity contribution in [3.05, 3.63) is 34.6 Å². The first-order chi connectivity index (χ1) is 8.48. The van der Waals surface area contributed by atoms with Gasteiger partial charge in [-0.1, -0.05) is 6.07 Å². The van der Waals surface area contributed by atoms with Crippen molar-refractivity contribution in [3.63, 3.8) is 0 Å². The van der Waals surface area contributed by atoms with Crippen molar-refractivity contribution in [3.8, 4) is 0 Å². The average Bonchev–Trinajstić information content (AvgIpc) is 2.56. The van der Waals surface area contributed by atoms with Crippen LogP contribution < -0.4 is 5.32 Å². The van der Waals surface area contributed by atoms with Crippen LogP contribution in [0, 0.1) is 19.7 Å². The lowest BCUT2D eigenvalue weighted by Gasteiger charge is -2.38. The number of hydrogen-bond acceptors (Lipinski definition) is 2. The summed E-state index contributed by atoms with van der Waals surface area (Å²) in [6, 6.07) is 4.17. The maximum Gasteiger partial charge on any atom is 0.129 e. The number of hydrogen-bond donors (Lipinski definition) is 2. The molecule has 18 heavy (non-hydrogen) atoms. The Morgan fingerprint density at radius 1 is 1.22 bits per heavy atom. The van der Waals surface area contributed by atoms with E-state index in [-0.39, 0.29) is 5.82 Å². The molecule has 2 aliphatic heterocycles. The van der Waals surface area contributed by atoms with Crippen molar-refractivity contribution in [2.75, 3.05) is 0 Å². The van der Waals surface area contributed by atoms with E-state index in [1.807, 2.05) is 19.9 Å². The summed E-state index contributed by atoms with van der Waals surface area (Å²) in [6.45, 7) is 3.78. The first-order valence-electron chi connectivity index (χ1n) is 6.73. The maximum absolute atomic E-state index is 14.2. The Kier molecular flexibility index (Phi) is 2.72. The van der Waals surface area contributed by atoms with Gasteiger partial charge in [0, 0.05) is 17.6 Å². The van der Waals surface area contributed by atoms with Crippen LogP contribution in [0.15, 0.2) is 12.1 Å². The predicted octanol–water partition coefficient (Wildman–Crippen LogP) is 2.54. The Labute approximate surface area is 107 Å². The van der Waals surface area contributed by atoms with E-state index in [2.05, 4.69) is 5.32 Å². The molecule has 3 rings (SSSR count). The van der Waals surface area contributed by atoms with Gasteiger partial charge >= 0.3 is 0 Å². The molecular formula is C15H20FNO. The van der Waals surface area contributed by atoms with E-state index in [0.29, 0.717) is 30.5 Å². The van der Waals surface area contributed by atoms with Crippen molar-refractivity contribution in [1.29, 1.82) is 0 Å². The van der Waals surface area contributed by atoms with E-state index < -0.39 is 5.60 Å². The summed E-state index contributed by atoms with van der Waals surface area (Å²) in [5.74, 6) is -0.253. The van der Waals surface area contributed by atoms with Gasteiger partial charge in [-0.3, -0.25) is 0 Å². The average molecular weight is 249 g/mol. The van der Waals surface area contributed by atoms with Crippen LogP contribution in [0.1, 0.15) is 42.4 Å². The minimum absolute atomic E-state index is 0.253. The molecule has 0 amide bonds. The number of rotatable bonds is 1. The zero-order chi connectivity index (χ0) is 12.9. The summed E-state index contributed by atoms with van der Waals surface area (Å²) < 4.78 is 14.2. The molecule has 2 nitrogen and oxygen atoms in total. The van der Waals surface area contributed by atoms with Crippen LogP contribution in [0.4, 0.5) is 4.39 Å². The van der Waals surface area contributed by atoms with E-state index in [1.165, 1.54) is 6.07 Å². The topological polar surface area (TPSA) is 32.3 Å². The minimum Gasteiger partial charge on any atom is -0.385 e. The Bertz CT molecular complexity index is 450. The molecule has 2 bridgehead atoms. The second-order valence-corrected chi connectivity index (χ2v) is 6.02. The number of benzene rings is 1. The molecule has 2 N–H and O–H groups in total. The molecule has 2 fully saturated rings. The monoisotopic (exact) mass is 249 g/mol. The van der Waals surface area contributed by atoms with E-state index in [0.717, 1.165) is 24.0 Å². The number of aliphatic hydroxyl groups is 1. The Hall–Kier alpha value is -0.930. The largest absolute Gasteiger partial charge is 0.385 e. The molecule has 0 aliphatic carbocycles. The van der Waals surface area contributed by atoms with Gasteiger partial charge in [-0.2, -0.15) is 0 Å². The lowest BCUT2D eigenvalue weighted by Crippen LogP contribution is -2.47. The highest BCUT2D eigenvalue weighted by atomic mass is 19.1. The summed E-state index contributed by atoms with van der Waals surface area (Å²) >= 11 is 0. The van der Waals surface area contributed by atoms with Gasteiger partial charge in [0.05, 0.1) is 5.60 Å². The summed E-state index contributed by atoms with van der Waals surface area (Å²) in [5.41, 5.74) is 1.32. The molecule has 0 aromatic heterocycles. The van der Waals surface area contributed by atoms with Gasteiger partial charge < -0.3 is 10.4 Å². The summed E-state index contributed by atoms with van der Waals surface area (Å²) in [4.78, 5) is 0. The Morgan fingerprint density at radius 2 is 1.83 bits per heavy atom. The fourth-order valence-corrected chi connectivity index (χ4v) is 3.83. The summed E-state index contributed by atoms with van der Waals surface area (Å²) in [5, 5.41) is 14.4. The van der Waals surface area contributed by atoms with Crippen LogP contribution in [-0.4, -0.2) is 17.2 Å². The third-order valence-electron chi connectivity index (χ3n) is 4.40. The number of nitrogens with one attached hydrogen (secondary N) is 1. The van der Waals surface area contributed by atoms with E-state index in [1.54, 1.807) is 0 Å². The lowest BCUT2D eigenvalue weighted by atomic mass is 9.79. The van der Waals surface area contributed by atoms with Crippen molar-refractivity contribution >= 4 is 0 Å². The first-order valence-corrected chi connectivity index (χ1v) is 6.73. The molecule has 2 atom stereocenters. The van der Waals surface area contributed by atoms with E-state index in [4.69, 9.17) is 0 Å². The third kappa shape index (κ3) is 1.86. The highest BCUT2D eigenvalue weighted by Gasteiger charge is 2.45. The second kappa shape index (κ2) is 4.04. The minimum atomic E-state index is -0.987. The molecular weight excluding hydrogens is 229 g/mol. The predicted molar refractivity (Wildman–Crippen MR) is 69.0 cm³/mol. The van der Waals surface area contributed by atoms with Gasteiger partial charge in [0.1, 0.15) is 5.82 Å². The van der Waals surface area contributed by atoms with Gasteiger partial charge in [-0.05, 0) is 56.7 Å². The molecule has 2 heterocycles. The van der Waals surface area contributed by atoms with Crippen molar-refractivity contribution in [2.45, 2.75) is 57.2 Å². The number of fused-ring (bicyclic) bond motifs is 2. The molecule has 3 heteroatoms. The molecule has 2 unspecified atom stereocenters. The summed E-state index contributed by atoms with van der Waals surface area (Å²) in [7, 11) is 0. The zero-order valence-corrected chi connectivity index (χ0v) is 11.0. The molecule has 0 saturated carbocycles. The molecule has 2 saturated heterocycles. The van der Waals surface area contributed by atoms with Crippen LogP contribution in [0.3, 0.4) is 0 Å². The van der Waals surface area contributed by atoms with Crippen LogP contribution in [0.2, 0.25) is 0 Å². The zero-order valence-electron chi connectivity index (χ0n) is 11.0. The van der Waals surface area contributed by atoms with Crippen molar-refractivity contribution in [1.82, 2.24) is 5.32 Å². The van der Waals surface area contributed by atoms with Crippen LogP contribution in [0.25, 0.3) is 0 Å². The van der Waals surface area contributed by atoms with Gasteiger partial charge in [0.2, 0.25) is 0 Å². The van der Waals surface area contributed by atoms with Crippen molar-refractivity contribution in [2.24, 2.45) is 0 Å². The highest BCUT2D eigenvalue weighted by Crippen LogP contribution is 2.42. The fourth-order valence-electron chi connectivity index (χ4n) is 3.83. The van der Waals surface area contributed by atoms with Gasteiger partial charge in [-0.15, -0.1) is 0 Å². The lowest BCUT2D eigenvalue weighted by molar-refractivity contribution is -0.0149. The number of piperidine rings is 1. The van der Waals surface area contributed by atoms with Crippen LogP contribution >= 0.6 is 0 Å². The number of halogens is 1. The SMILES string of the molecule is Cc1cc(C)c(C2(O)CC3CCC(C2)N3)c(F)c1. The standard InChI is InChI=1S/C15H20FNO/c1-9-5-10(2)14(13(16)6-9)15(18)7-11-3-4-12(8-15)17-11/h5-6,11-12,17-18H,3-4,7-8H2,1-2H3. The molecule has 1 aromatic carbocycles. The quantitative estimate of drug-likeness (QED) is 0.801. The molecule has 0 spiro atoms. The molecule has 98 valence electrons.